The van der Waals surface area contributed by atoms with Gasteiger partial charge >= 0.3 is 5.97 Å². The first-order chi connectivity index (χ1) is 12.0. The minimum Gasteiger partial charge on any atom is -0.495 e. The number of methoxy groups -OCH3 is 1. The van der Waals surface area contributed by atoms with Crippen molar-refractivity contribution in [3.05, 3.63) is 24.3 Å². The molecule has 2 unspecified atom stereocenters. The van der Waals surface area contributed by atoms with Crippen molar-refractivity contribution in [2.45, 2.75) is 18.4 Å². The molecule has 2 aliphatic heterocycles. The summed E-state index contributed by atoms with van der Waals surface area (Å²) in [5.74, 6) is -0.526. The van der Waals surface area contributed by atoms with Crippen molar-refractivity contribution in [3.8, 4) is 5.75 Å². The summed E-state index contributed by atoms with van der Waals surface area (Å²) < 4.78 is 5.28. The van der Waals surface area contributed by atoms with Gasteiger partial charge in [0.05, 0.1) is 18.7 Å². The molecule has 0 radical (unpaired) electrons. The molecule has 0 aromatic heterocycles. The van der Waals surface area contributed by atoms with Gasteiger partial charge in [0.25, 0.3) is 0 Å². The number of aliphatic carboxylic acids is 1. The monoisotopic (exact) mass is 364 g/mol. The Bertz CT molecular complexity index is 702. The first-order valence-corrected chi connectivity index (χ1v) is 9.19. The fourth-order valence-corrected chi connectivity index (χ4v) is 4.52. The molecule has 0 spiro atoms. The van der Waals surface area contributed by atoms with E-state index in [1.165, 1.54) is 23.8 Å². The smallest absolute Gasteiger partial charge is 0.330 e. The van der Waals surface area contributed by atoms with Crippen LogP contribution >= 0.6 is 11.8 Å². The Labute approximate surface area is 149 Å². The van der Waals surface area contributed by atoms with Crippen LogP contribution in [0.1, 0.15) is 12.8 Å². The summed E-state index contributed by atoms with van der Waals surface area (Å²) >= 11 is 1.51. The molecule has 0 saturated carbocycles. The zero-order chi connectivity index (χ0) is 18.0. The summed E-state index contributed by atoms with van der Waals surface area (Å²) in [6.45, 7) is 0.216. The third-order valence-corrected chi connectivity index (χ3v) is 5.86. The molecule has 2 aliphatic rings. The third-order valence-electron chi connectivity index (χ3n) is 4.67. The number of hydrogen-bond acceptors (Lipinski definition) is 5. The number of thioether (sulfide) groups is 1. The molecule has 2 atom stereocenters. The molecule has 1 aromatic carbocycles. The van der Waals surface area contributed by atoms with Crippen LogP contribution in [0, 0.1) is 5.92 Å². The maximum Gasteiger partial charge on any atom is 0.330 e. The van der Waals surface area contributed by atoms with Crippen LogP contribution in [0.3, 0.4) is 0 Å². The molecule has 2 heterocycles. The van der Waals surface area contributed by atoms with Crippen LogP contribution in [0.2, 0.25) is 0 Å². The van der Waals surface area contributed by atoms with Crippen LogP contribution in [0.5, 0.6) is 5.75 Å². The highest BCUT2D eigenvalue weighted by Gasteiger charge is 2.46. The lowest BCUT2D eigenvalue weighted by atomic mass is 9.97. The quantitative estimate of drug-likeness (QED) is 0.813. The predicted octanol–water partition coefficient (Wildman–Crippen LogP) is 1.12. The lowest BCUT2D eigenvalue weighted by Crippen LogP contribution is -2.56. The molecule has 134 valence electrons. The number of benzene rings is 1. The van der Waals surface area contributed by atoms with Gasteiger partial charge in [-0.15, -0.1) is 0 Å². The van der Waals surface area contributed by atoms with E-state index in [2.05, 4.69) is 5.32 Å². The first-order valence-electron chi connectivity index (χ1n) is 8.03. The van der Waals surface area contributed by atoms with Gasteiger partial charge in [-0.05, 0) is 24.3 Å². The zero-order valence-corrected chi connectivity index (χ0v) is 14.7. The van der Waals surface area contributed by atoms with E-state index in [-0.39, 0.29) is 24.8 Å². The summed E-state index contributed by atoms with van der Waals surface area (Å²) in [5.41, 5.74) is -0.600. The van der Waals surface area contributed by atoms with E-state index in [0.29, 0.717) is 29.4 Å². The molecular formula is C17H20N2O5S. The van der Waals surface area contributed by atoms with Crippen LogP contribution in [-0.4, -0.2) is 53.6 Å². The highest BCUT2D eigenvalue weighted by Crippen LogP contribution is 2.34. The standard InChI is InChI=1S/C17H20N2O5S/c1-24-13-5-3-2-4-12(13)19-9-11(8-14(19)20)15(21)18-17(16(22)23)6-7-25-10-17/h2-5,11H,6-10H2,1H3,(H,18,21)(H,22,23). The summed E-state index contributed by atoms with van der Waals surface area (Å²) in [6, 6.07) is 7.13. The van der Waals surface area contributed by atoms with Crippen LogP contribution in [0.25, 0.3) is 0 Å². The second-order valence-electron chi connectivity index (χ2n) is 6.26. The largest absolute Gasteiger partial charge is 0.495 e. The van der Waals surface area contributed by atoms with Crippen molar-refractivity contribution in [3.63, 3.8) is 0 Å². The average Bonchev–Trinajstić information content (AvgIpc) is 3.22. The van der Waals surface area contributed by atoms with E-state index in [0.717, 1.165) is 0 Å². The highest BCUT2D eigenvalue weighted by molar-refractivity contribution is 7.99. The van der Waals surface area contributed by atoms with Crippen LogP contribution < -0.4 is 15.0 Å². The lowest BCUT2D eigenvalue weighted by Gasteiger charge is -2.26. The summed E-state index contributed by atoms with van der Waals surface area (Å²) in [4.78, 5) is 38.1. The summed E-state index contributed by atoms with van der Waals surface area (Å²) in [5, 5.41) is 12.2. The molecule has 1 aromatic rings. The third kappa shape index (κ3) is 3.30. The van der Waals surface area contributed by atoms with E-state index in [9.17, 15) is 19.5 Å². The number of nitrogens with one attached hydrogen (secondary N) is 1. The van der Waals surface area contributed by atoms with Gasteiger partial charge in [-0.3, -0.25) is 9.59 Å². The van der Waals surface area contributed by atoms with E-state index < -0.39 is 17.4 Å². The van der Waals surface area contributed by atoms with Crippen molar-refractivity contribution >= 4 is 35.2 Å². The number of carbonyl (C=O) groups excluding carboxylic acids is 2. The van der Waals surface area contributed by atoms with E-state index >= 15 is 0 Å². The lowest BCUT2D eigenvalue weighted by molar-refractivity contribution is -0.147. The van der Waals surface area contributed by atoms with Gasteiger partial charge in [0, 0.05) is 18.7 Å². The predicted molar refractivity (Wildman–Crippen MR) is 93.9 cm³/mol. The molecule has 2 fully saturated rings. The minimum absolute atomic E-state index is 0.0622. The van der Waals surface area contributed by atoms with Gasteiger partial charge in [-0.2, -0.15) is 11.8 Å². The Balaban J connectivity index is 1.74. The molecular weight excluding hydrogens is 344 g/mol. The minimum atomic E-state index is -1.22. The number of ether oxygens (including phenoxy) is 1. The van der Waals surface area contributed by atoms with Crippen LogP contribution in [-0.2, 0) is 14.4 Å². The number of para-hydroxylation sites is 2. The Kier molecular flexibility index (Phi) is 4.89. The molecule has 2 saturated heterocycles. The average molecular weight is 364 g/mol. The molecule has 25 heavy (non-hydrogen) atoms. The number of rotatable bonds is 5. The number of carbonyl (C=O) groups is 3. The molecule has 8 heteroatoms. The topological polar surface area (TPSA) is 95.9 Å². The molecule has 7 nitrogen and oxygen atoms in total. The van der Waals surface area contributed by atoms with Gasteiger partial charge in [0.15, 0.2) is 0 Å². The number of nitrogens with zero attached hydrogens (tertiary/aromatic N) is 1. The Morgan fingerprint density at radius 2 is 2.16 bits per heavy atom. The normalized spacial score (nSPS) is 25.9. The van der Waals surface area contributed by atoms with E-state index in [1.807, 2.05) is 0 Å². The first kappa shape index (κ1) is 17.6. The molecule has 0 aliphatic carbocycles. The highest BCUT2D eigenvalue weighted by atomic mass is 32.2. The maximum atomic E-state index is 12.6. The van der Waals surface area contributed by atoms with Gasteiger partial charge < -0.3 is 20.1 Å². The molecule has 2 amide bonds. The fourth-order valence-electron chi connectivity index (χ4n) is 3.19. The Morgan fingerprint density at radius 1 is 1.40 bits per heavy atom. The number of carboxylic acid groups (broad SMARTS) is 1. The summed E-state index contributed by atoms with van der Waals surface area (Å²) in [6.07, 6.45) is 0.461. The molecule has 0 bridgehead atoms. The zero-order valence-electron chi connectivity index (χ0n) is 13.9. The van der Waals surface area contributed by atoms with Gasteiger partial charge in [-0.25, -0.2) is 4.79 Å². The van der Waals surface area contributed by atoms with E-state index in [1.54, 1.807) is 24.3 Å². The Hall–Kier alpha value is -2.22. The summed E-state index contributed by atoms with van der Waals surface area (Å²) in [7, 11) is 1.53. The van der Waals surface area contributed by atoms with Crippen molar-refractivity contribution < 1.29 is 24.2 Å². The number of carboxylic acids is 1. The molecule has 3 rings (SSSR count). The number of amides is 2. The van der Waals surface area contributed by atoms with Crippen LogP contribution in [0.4, 0.5) is 5.69 Å². The van der Waals surface area contributed by atoms with Gasteiger partial charge in [-0.1, -0.05) is 12.1 Å². The van der Waals surface area contributed by atoms with Gasteiger partial charge in [0.2, 0.25) is 11.8 Å². The van der Waals surface area contributed by atoms with Crippen molar-refractivity contribution in [2.24, 2.45) is 5.92 Å². The van der Waals surface area contributed by atoms with Gasteiger partial charge in [0.1, 0.15) is 11.3 Å². The van der Waals surface area contributed by atoms with Crippen molar-refractivity contribution in [2.75, 3.05) is 30.1 Å². The SMILES string of the molecule is COc1ccccc1N1CC(C(=O)NC2(C(=O)O)CCSC2)CC1=O. The number of hydrogen-bond donors (Lipinski definition) is 2. The van der Waals surface area contributed by atoms with E-state index in [4.69, 9.17) is 4.74 Å². The number of anilines is 1. The van der Waals surface area contributed by atoms with Crippen molar-refractivity contribution in [1.82, 2.24) is 5.32 Å². The van der Waals surface area contributed by atoms with Crippen LogP contribution in [0.15, 0.2) is 24.3 Å². The van der Waals surface area contributed by atoms with Crippen molar-refractivity contribution in [1.29, 1.82) is 0 Å². The fraction of sp³-hybridized carbons (Fsp3) is 0.471. The second kappa shape index (κ2) is 6.95. The second-order valence-corrected chi connectivity index (χ2v) is 7.36. The molecule has 2 N–H and O–H groups in total. The Morgan fingerprint density at radius 3 is 2.80 bits per heavy atom. The maximum absolute atomic E-state index is 12.6.